The van der Waals surface area contributed by atoms with Crippen LogP contribution in [0.5, 0.6) is 11.5 Å². The van der Waals surface area contributed by atoms with Gasteiger partial charge in [0.25, 0.3) is 5.91 Å². The van der Waals surface area contributed by atoms with E-state index in [-0.39, 0.29) is 29.3 Å². The Bertz CT molecular complexity index is 1360. The second-order valence-corrected chi connectivity index (χ2v) is 9.67. The van der Waals surface area contributed by atoms with Crippen LogP contribution >= 0.6 is 11.8 Å². The fourth-order valence-electron chi connectivity index (χ4n) is 4.21. The van der Waals surface area contributed by atoms with Gasteiger partial charge in [-0.25, -0.2) is 4.79 Å². The van der Waals surface area contributed by atoms with Crippen LogP contribution in [0.3, 0.4) is 0 Å². The number of aromatic nitrogens is 1. The molecule has 2 aliphatic heterocycles. The van der Waals surface area contributed by atoms with Gasteiger partial charge in [0.2, 0.25) is 0 Å². The standard InChI is InChI=1S/C28H25N3O5S/c1-35-22-11-9-18(10-12-22)16-36-28(34)25-20(14-21-7-4-5-13-29-21)17-37-27-24(26(33)31(25)27)30-15-19-6-2-3-8-23(19)32/h2-13,15,24,27,32H,14,16-17H2,1H3/t24-,27?/m1/s1. The number of aliphatic imine (C=N–C) groups is 1. The molecule has 1 unspecified atom stereocenters. The molecule has 0 radical (unpaired) electrons. The molecular formula is C28H25N3O5S. The third-order valence-corrected chi connectivity index (χ3v) is 7.50. The van der Waals surface area contributed by atoms with Gasteiger partial charge in [-0.15, -0.1) is 11.8 Å². The fraction of sp³-hybridized carbons (Fsp3) is 0.214. The maximum absolute atomic E-state index is 13.4. The number of carbonyl (C=O) groups excluding carboxylic acids is 2. The van der Waals surface area contributed by atoms with Gasteiger partial charge in [-0.3, -0.25) is 19.7 Å². The molecule has 1 fully saturated rings. The predicted molar refractivity (Wildman–Crippen MR) is 140 cm³/mol. The highest BCUT2D eigenvalue weighted by molar-refractivity contribution is 8.00. The van der Waals surface area contributed by atoms with Crippen LogP contribution in [0.4, 0.5) is 0 Å². The van der Waals surface area contributed by atoms with E-state index >= 15 is 0 Å². The summed E-state index contributed by atoms with van der Waals surface area (Å²) in [6.45, 7) is 0.0674. The first-order chi connectivity index (χ1) is 18.0. The summed E-state index contributed by atoms with van der Waals surface area (Å²) in [7, 11) is 1.59. The van der Waals surface area contributed by atoms with Gasteiger partial charge in [-0.2, -0.15) is 0 Å². The van der Waals surface area contributed by atoms with E-state index in [1.165, 1.54) is 11.1 Å². The molecule has 0 saturated carbocycles. The quantitative estimate of drug-likeness (QED) is 0.277. The number of hydrogen-bond donors (Lipinski definition) is 1. The molecule has 2 aliphatic rings. The molecule has 2 aromatic carbocycles. The van der Waals surface area contributed by atoms with Crippen molar-refractivity contribution in [1.82, 2.24) is 9.88 Å². The molecule has 1 saturated heterocycles. The number of para-hydroxylation sites is 1. The molecule has 1 N–H and O–H groups in total. The van der Waals surface area contributed by atoms with E-state index in [2.05, 4.69) is 9.98 Å². The van der Waals surface area contributed by atoms with Crippen molar-refractivity contribution in [2.24, 2.45) is 4.99 Å². The number of pyridine rings is 1. The SMILES string of the molecule is COc1ccc(COC(=O)C2=C(Cc3ccccn3)CSC3[C@H](N=Cc4ccccc4O)C(=O)N23)cc1. The first-order valence-corrected chi connectivity index (χ1v) is 12.8. The number of benzene rings is 2. The summed E-state index contributed by atoms with van der Waals surface area (Å²) in [6.07, 6.45) is 3.64. The highest BCUT2D eigenvalue weighted by Gasteiger charge is 2.53. The number of β-lactam (4-membered cyclic amide) rings is 1. The van der Waals surface area contributed by atoms with Crippen LogP contribution in [-0.4, -0.2) is 57.4 Å². The van der Waals surface area contributed by atoms with Crippen molar-refractivity contribution in [3.8, 4) is 11.5 Å². The zero-order valence-electron chi connectivity index (χ0n) is 20.1. The number of ether oxygens (including phenoxy) is 2. The summed E-state index contributed by atoms with van der Waals surface area (Å²) >= 11 is 1.55. The lowest BCUT2D eigenvalue weighted by Crippen LogP contribution is -2.64. The maximum Gasteiger partial charge on any atom is 0.355 e. The van der Waals surface area contributed by atoms with Crippen LogP contribution in [0.1, 0.15) is 16.8 Å². The number of phenolic OH excluding ortho intramolecular Hbond substituents is 1. The van der Waals surface area contributed by atoms with Gasteiger partial charge in [0.05, 0.1) is 7.11 Å². The topological polar surface area (TPSA) is 101 Å². The van der Waals surface area contributed by atoms with Gasteiger partial charge >= 0.3 is 5.97 Å². The maximum atomic E-state index is 13.4. The van der Waals surface area contributed by atoms with Crippen molar-refractivity contribution in [3.63, 3.8) is 0 Å². The Morgan fingerprint density at radius 3 is 2.68 bits per heavy atom. The van der Waals surface area contributed by atoms with E-state index in [0.29, 0.717) is 23.5 Å². The molecule has 9 heteroatoms. The van der Waals surface area contributed by atoms with Crippen molar-refractivity contribution in [2.75, 3.05) is 12.9 Å². The van der Waals surface area contributed by atoms with Gasteiger partial charge in [0.15, 0.2) is 6.04 Å². The smallest absolute Gasteiger partial charge is 0.355 e. The second kappa shape index (κ2) is 10.9. The number of amides is 1. The average Bonchev–Trinajstić information content (AvgIpc) is 2.93. The van der Waals surface area contributed by atoms with Crippen molar-refractivity contribution >= 4 is 29.9 Å². The summed E-state index contributed by atoms with van der Waals surface area (Å²) in [4.78, 5) is 36.9. The van der Waals surface area contributed by atoms with Gasteiger partial charge in [-0.1, -0.05) is 30.3 Å². The lowest BCUT2D eigenvalue weighted by Gasteiger charge is -2.48. The molecule has 3 aromatic rings. The Morgan fingerprint density at radius 2 is 1.95 bits per heavy atom. The highest BCUT2D eigenvalue weighted by Crippen LogP contribution is 2.42. The third kappa shape index (κ3) is 5.22. The fourth-order valence-corrected chi connectivity index (χ4v) is 5.55. The minimum atomic E-state index is -0.648. The van der Waals surface area contributed by atoms with E-state index in [0.717, 1.165) is 16.8 Å². The van der Waals surface area contributed by atoms with Crippen molar-refractivity contribution in [3.05, 3.63) is 101 Å². The van der Waals surface area contributed by atoms with Gasteiger partial charge < -0.3 is 14.6 Å². The third-order valence-electron chi connectivity index (χ3n) is 6.17. The highest BCUT2D eigenvalue weighted by atomic mass is 32.2. The number of aromatic hydroxyl groups is 1. The molecule has 0 aliphatic carbocycles. The average molecular weight is 516 g/mol. The molecule has 0 bridgehead atoms. The first-order valence-electron chi connectivity index (χ1n) is 11.7. The second-order valence-electron chi connectivity index (χ2n) is 8.57. The monoisotopic (exact) mass is 515 g/mol. The van der Waals surface area contributed by atoms with Crippen molar-refractivity contribution in [1.29, 1.82) is 0 Å². The number of rotatable bonds is 8. The van der Waals surface area contributed by atoms with Crippen molar-refractivity contribution in [2.45, 2.75) is 24.4 Å². The summed E-state index contributed by atoms with van der Waals surface area (Å²) in [5.41, 5.74) is 3.19. The number of methoxy groups -OCH3 is 1. The Balaban J connectivity index is 1.38. The largest absolute Gasteiger partial charge is 0.507 e. The van der Waals surface area contributed by atoms with Crippen LogP contribution in [0.2, 0.25) is 0 Å². The number of hydrogen-bond acceptors (Lipinski definition) is 8. The number of phenols is 1. The van der Waals surface area contributed by atoms with Crippen LogP contribution in [0.15, 0.2) is 89.2 Å². The molecular weight excluding hydrogens is 490 g/mol. The van der Waals surface area contributed by atoms with Gasteiger partial charge in [0.1, 0.15) is 29.2 Å². The van der Waals surface area contributed by atoms with Crippen LogP contribution in [-0.2, 0) is 27.4 Å². The predicted octanol–water partition coefficient (Wildman–Crippen LogP) is 3.74. The van der Waals surface area contributed by atoms with E-state index in [9.17, 15) is 14.7 Å². The molecule has 1 aromatic heterocycles. The molecule has 3 heterocycles. The summed E-state index contributed by atoms with van der Waals surface area (Å²) in [6, 6.07) is 19.0. The van der Waals surface area contributed by atoms with Crippen molar-refractivity contribution < 1.29 is 24.2 Å². The van der Waals surface area contributed by atoms with Gasteiger partial charge in [0, 0.05) is 35.8 Å². The summed E-state index contributed by atoms with van der Waals surface area (Å²) in [5.74, 6) is 0.513. The number of nitrogens with zero attached hydrogens (tertiary/aromatic N) is 3. The summed E-state index contributed by atoms with van der Waals surface area (Å²) < 4.78 is 10.8. The van der Waals surface area contributed by atoms with Gasteiger partial charge in [-0.05, 0) is 47.5 Å². The minimum absolute atomic E-state index is 0.0674. The Hall–Kier alpha value is -4.11. The first kappa shape index (κ1) is 24.6. The molecule has 1 amide bonds. The molecule has 5 rings (SSSR count). The molecule has 2 atom stereocenters. The van der Waals surface area contributed by atoms with E-state index in [1.54, 1.807) is 61.5 Å². The summed E-state index contributed by atoms with van der Waals surface area (Å²) in [5, 5.41) is 9.68. The minimum Gasteiger partial charge on any atom is -0.507 e. The lowest BCUT2D eigenvalue weighted by atomic mass is 10.0. The number of thioether (sulfide) groups is 1. The normalized spacial score (nSPS) is 18.9. The van der Waals surface area contributed by atoms with E-state index in [4.69, 9.17) is 9.47 Å². The Morgan fingerprint density at radius 1 is 1.16 bits per heavy atom. The van der Waals surface area contributed by atoms with Crippen LogP contribution < -0.4 is 4.74 Å². The zero-order chi connectivity index (χ0) is 25.8. The molecule has 188 valence electrons. The lowest BCUT2D eigenvalue weighted by molar-refractivity contribution is -0.151. The van der Waals surface area contributed by atoms with Crippen LogP contribution in [0.25, 0.3) is 0 Å². The van der Waals surface area contributed by atoms with Crippen LogP contribution in [0, 0.1) is 0 Å². The molecule has 8 nitrogen and oxygen atoms in total. The molecule has 0 spiro atoms. The number of carbonyl (C=O) groups is 2. The Labute approximate surface area is 218 Å². The number of fused-ring (bicyclic) bond motifs is 1. The Kier molecular flexibility index (Phi) is 7.23. The molecule has 37 heavy (non-hydrogen) atoms. The van der Waals surface area contributed by atoms with E-state index < -0.39 is 12.0 Å². The zero-order valence-corrected chi connectivity index (χ0v) is 20.9. The number of esters is 1. The van der Waals surface area contributed by atoms with E-state index in [1.807, 2.05) is 30.3 Å².